The zero-order chi connectivity index (χ0) is 22.9. The maximum atomic E-state index is 12.8. The highest BCUT2D eigenvalue weighted by atomic mass is 16.6. The predicted octanol–water partition coefficient (Wildman–Crippen LogP) is 3.03. The topological polar surface area (TPSA) is 108 Å². The highest BCUT2D eigenvalue weighted by Crippen LogP contribution is 2.21. The molecule has 0 aliphatic carbocycles. The molecule has 0 bridgehead atoms. The summed E-state index contributed by atoms with van der Waals surface area (Å²) in [6.07, 6.45) is -1.30. The maximum Gasteiger partial charge on any atom is 0.408 e. The largest absolute Gasteiger partial charge is 0.467 e. The second kappa shape index (κ2) is 11.3. The molecule has 0 aromatic heterocycles. The maximum absolute atomic E-state index is 12.8. The summed E-state index contributed by atoms with van der Waals surface area (Å²) in [5.41, 5.74) is 0.00861. The van der Waals surface area contributed by atoms with Crippen molar-refractivity contribution in [2.24, 2.45) is 11.8 Å². The van der Waals surface area contributed by atoms with Crippen LogP contribution in [0.15, 0.2) is 30.3 Å². The van der Waals surface area contributed by atoms with E-state index in [1.54, 1.807) is 58.9 Å². The highest BCUT2D eigenvalue weighted by Gasteiger charge is 2.36. The first-order chi connectivity index (χ1) is 13.9. The first-order valence-corrected chi connectivity index (χ1v) is 9.75. The van der Waals surface area contributed by atoms with E-state index in [-0.39, 0.29) is 12.5 Å². The molecule has 1 aromatic carbocycles. The lowest BCUT2D eigenvalue weighted by molar-refractivity contribution is -0.164. The van der Waals surface area contributed by atoms with Crippen LogP contribution in [-0.4, -0.2) is 42.6 Å². The molecule has 0 aliphatic rings. The van der Waals surface area contributed by atoms with Crippen molar-refractivity contribution in [3.05, 3.63) is 35.9 Å². The van der Waals surface area contributed by atoms with Gasteiger partial charge in [0.15, 0.2) is 0 Å². The molecule has 1 N–H and O–H groups in total. The normalized spacial score (nSPS) is 13.2. The van der Waals surface area contributed by atoms with Gasteiger partial charge in [-0.25, -0.2) is 9.59 Å². The Kier molecular flexibility index (Phi) is 9.49. The average molecular weight is 421 g/mol. The van der Waals surface area contributed by atoms with Gasteiger partial charge in [-0.1, -0.05) is 44.2 Å². The molecule has 0 radical (unpaired) electrons. The summed E-state index contributed by atoms with van der Waals surface area (Å²) in [5, 5.41) is 2.34. The molecule has 0 saturated carbocycles. The summed E-state index contributed by atoms with van der Waals surface area (Å²) in [5.74, 6) is -3.43. The minimum absolute atomic E-state index is 0.00103. The van der Waals surface area contributed by atoms with Crippen molar-refractivity contribution in [2.45, 2.75) is 59.3 Å². The number of carbonyl (C=O) groups is 4. The molecule has 166 valence electrons. The van der Waals surface area contributed by atoms with Gasteiger partial charge in [-0.15, -0.1) is 0 Å². The number of hydrogen-bond acceptors (Lipinski definition) is 7. The SMILES string of the molecule is COC(=O)C(CC(=O)[C@@H](C(=O)OC(C)(C)C)C(C)C)NC(=O)OCc1ccccc1. The zero-order valence-corrected chi connectivity index (χ0v) is 18.4. The van der Waals surface area contributed by atoms with E-state index in [4.69, 9.17) is 9.47 Å². The predicted molar refractivity (Wildman–Crippen MR) is 109 cm³/mol. The fourth-order valence-corrected chi connectivity index (χ4v) is 2.71. The Morgan fingerprint density at radius 2 is 1.60 bits per heavy atom. The standard InChI is InChI=1S/C22H31NO7/c1-14(2)18(20(26)30-22(3,4)5)17(24)12-16(19(25)28-6)23-21(27)29-13-15-10-8-7-9-11-15/h7-11,14,16,18H,12-13H2,1-6H3,(H,23,27)/t16?,18-/m0/s1. The number of ketones is 1. The quantitative estimate of drug-likeness (QED) is 0.371. The van der Waals surface area contributed by atoms with E-state index in [0.717, 1.165) is 12.7 Å². The summed E-state index contributed by atoms with van der Waals surface area (Å²) in [4.78, 5) is 49.5. The van der Waals surface area contributed by atoms with Crippen LogP contribution in [0.4, 0.5) is 4.79 Å². The molecule has 1 amide bonds. The number of amides is 1. The number of ether oxygens (including phenoxy) is 3. The van der Waals surface area contributed by atoms with E-state index in [1.807, 2.05) is 6.07 Å². The number of rotatable bonds is 9. The second-order valence-corrected chi connectivity index (χ2v) is 8.21. The lowest BCUT2D eigenvalue weighted by Gasteiger charge is -2.26. The molecular weight excluding hydrogens is 390 g/mol. The van der Waals surface area contributed by atoms with E-state index in [2.05, 4.69) is 10.1 Å². The van der Waals surface area contributed by atoms with Crippen LogP contribution in [0, 0.1) is 11.8 Å². The summed E-state index contributed by atoms with van der Waals surface area (Å²) in [6.45, 7) is 8.53. The Labute approximate surface area is 177 Å². The first kappa shape index (κ1) is 25.1. The molecule has 1 rings (SSSR count). The number of Topliss-reactive ketones (excluding diaryl/α,β-unsaturated/α-hetero) is 1. The van der Waals surface area contributed by atoms with Crippen molar-refractivity contribution in [1.82, 2.24) is 5.32 Å². The number of nitrogens with one attached hydrogen (secondary N) is 1. The van der Waals surface area contributed by atoms with Crippen LogP contribution in [0.2, 0.25) is 0 Å². The Morgan fingerprint density at radius 1 is 1.00 bits per heavy atom. The number of hydrogen-bond donors (Lipinski definition) is 1. The molecule has 0 fully saturated rings. The second-order valence-electron chi connectivity index (χ2n) is 8.21. The number of alkyl carbamates (subject to hydrolysis) is 1. The zero-order valence-electron chi connectivity index (χ0n) is 18.4. The van der Waals surface area contributed by atoms with Crippen LogP contribution in [0.1, 0.15) is 46.6 Å². The molecule has 0 saturated heterocycles. The lowest BCUT2D eigenvalue weighted by Crippen LogP contribution is -2.45. The molecular formula is C22H31NO7. The van der Waals surface area contributed by atoms with Gasteiger partial charge in [0, 0.05) is 6.42 Å². The summed E-state index contributed by atoms with van der Waals surface area (Å²) in [6, 6.07) is 7.71. The van der Waals surface area contributed by atoms with Crippen molar-refractivity contribution in [3.8, 4) is 0 Å². The third-order valence-corrected chi connectivity index (χ3v) is 4.07. The Balaban J connectivity index is 2.81. The van der Waals surface area contributed by atoms with Crippen LogP contribution in [0.25, 0.3) is 0 Å². The Hall–Kier alpha value is -2.90. The van der Waals surface area contributed by atoms with Gasteiger partial charge in [0.1, 0.15) is 30.0 Å². The highest BCUT2D eigenvalue weighted by molar-refractivity contribution is 6.01. The van der Waals surface area contributed by atoms with Crippen LogP contribution in [-0.2, 0) is 35.2 Å². The van der Waals surface area contributed by atoms with E-state index in [9.17, 15) is 19.2 Å². The van der Waals surface area contributed by atoms with Crippen molar-refractivity contribution < 1.29 is 33.4 Å². The van der Waals surface area contributed by atoms with Crippen LogP contribution in [0.3, 0.4) is 0 Å². The van der Waals surface area contributed by atoms with E-state index >= 15 is 0 Å². The van der Waals surface area contributed by atoms with Crippen molar-refractivity contribution >= 4 is 23.8 Å². The monoisotopic (exact) mass is 421 g/mol. The van der Waals surface area contributed by atoms with Gasteiger partial charge in [-0.2, -0.15) is 0 Å². The van der Waals surface area contributed by atoms with Crippen LogP contribution >= 0.6 is 0 Å². The van der Waals surface area contributed by atoms with Crippen molar-refractivity contribution in [2.75, 3.05) is 7.11 Å². The van der Waals surface area contributed by atoms with E-state index < -0.39 is 47.8 Å². The third kappa shape index (κ3) is 8.63. The number of esters is 2. The minimum atomic E-state index is -1.28. The van der Waals surface area contributed by atoms with E-state index in [1.165, 1.54) is 0 Å². The van der Waals surface area contributed by atoms with Crippen molar-refractivity contribution in [3.63, 3.8) is 0 Å². The lowest BCUT2D eigenvalue weighted by atomic mass is 9.88. The summed E-state index contributed by atoms with van der Waals surface area (Å²) >= 11 is 0. The molecule has 2 atom stereocenters. The molecule has 1 aromatic rings. The van der Waals surface area contributed by atoms with Crippen LogP contribution in [0.5, 0.6) is 0 Å². The average Bonchev–Trinajstić information content (AvgIpc) is 2.64. The number of carbonyl (C=O) groups excluding carboxylic acids is 4. The van der Waals surface area contributed by atoms with Crippen LogP contribution < -0.4 is 5.32 Å². The number of methoxy groups -OCH3 is 1. The first-order valence-electron chi connectivity index (χ1n) is 9.75. The molecule has 30 heavy (non-hydrogen) atoms. The fraction of sp³-hybridized carbons (Fsp3) is 0.545. The molecule has 8 nitrogen and oxygen atoms in total. The Bertz CT molecular complexity index is 738. The third-order valence-electron chi connectivity index (χ3n) is 4.07. The molecule has 0 heterocycles. The fourth-order valence-electron chi connectivity index (χ4n) is 2.71. The Morgan fingerprint density at radius 3 is 2.10 bits per heavy atom. The smallest absolute Gasteiger partial charge is 0.408 e. The molecule has 0 aliphatic heterocycles. The summed E-state index contributed by atoms with van der Waals surface area (Å²) < 4.78 is 15.1. The van der Waals surface area contributed by atoms with Gasteiger partial charge < -0.3 is 19.5 Å². The number of benzene rings is 1. The molecule has 0 spiro atoms. The van der Waals surface area contributed by atoms with Gasteiger partial charge in [0.05, 0.1) is 7.11 Å². The van der Waals surface area contributed by atoms with Gasteiger partial charge in [0.25, 0.3) is 0 Å². The van der Waals surface area contributed by atoms with Gasteiger partial charge in [-0.3, -0.25) is 9.59 Å². The molecule has 1 unspecified atom stereocenters. The van der Waals surface area contributed by atoms with Gasteiger partial charge >= 0.3 is 18.0 Å². The van der Waals surface area contributed by atoms with Crippen molar-refractivity contribution in [1.29, 1.82) is 0 Å². The van der Waals surface area contributed by atoms with E-state index in [0.29, 0.717) is 0 Å². The van der Waals surface area contributed by atoms with Gasteiger partial charge in [0.2, 0.25) is 0 Å². The minimum Gasteiger partial charge on any atom is -0.467 e. The summed E-state index contributed by atoms with van der Waals surface area (Å²) in [7, 11) is 1.14. The molecule has 8 heteroatoms. The van der Waals surface area contributed by atoms with Gasteiger partial charge in [-0.05, 0) is 32.3 Å².